The minimum Gasteiger partial charge on any atom is -0.481 e. The molecule has 0 saturated heterocycles. The molecular formula is C19H27NO4. The topological polar surface area (TPSA) is 75.6 Å². The standard InChI is InChI=1S/C19H27NO4/c1-12(2)15-7-6-13(3)10-16(15)24-14(4)18(23)20-19(8-5-9-19)11-17(21)22/h6-7,10,12,14H,5,8-9,11H2,1-4H3,(H,20,23)(H,21,22). The van der Waals surface area contributed by atoms with Crippen molar-refractivity contribution in [3.05, 3.63) is 29.3 Å². The molecule has 0 bridgehead atoms. The van der Waals surface area contributed by atoms with E-state index in [1.807, 2.05) is 25.1 Å². The predicted octanol–water partition coefficient (Wildman–Crippen LogP) is 3.40. The highest BCUT2D eigenvalue weighted by Crippen LogP contribution is 2.35. The first kappa shape index (κ1) is 18.3. The van der Waals surface area contributed by atoms with Gasteiger partial charge in [-0.15, -0.1) is 0 Å². The molecule has 1 aliphatic carbocycles. The molecule has 0 radical (unpaired) electrons. The Morgan fingerprint density at radius 2 is 1.96 bits per heavy atom. The summed E-state index contributed by atoms with van der Waals surface area (Å²) in [6.07, 6.45) is 1.65. The number of carboxylic acids is 1. The number of aliphatic carboxylic acids is 1. The van der Waals surface area contributed by atoms with Crippen molar-refractivity contribution in [3.8, 4) is 5.75 Å². The molecule has 1 fully saturated rings. The lowest BCUT2D eigenvalue weighted by Crippen LogP contribution is -2.57. The number of benzene rings is 1. The largest absolute Gasteiger partial charge is 0.481 e. The number of carbonyl (C=O) groups is 2. The predicted molar refractivity (Wildman–Crippen MR) is 92.3 cm³/mol. The molecule has 0 spiro atoms. The van der Waals surface area contributed by atoms with E-state index in [-0.39, 0.29) is 12.3 Å². The van der Waals surface area contributed by atoms with Gasteiger partial charge in [0.1, 0.15) is 5.75 Å². The van der Waals surface area contributed by atoms with Crippen LogP contribution < -0.4 is 10.1 Å². The maximum atomic E-state index is 12.5. The molecule has 0 aromatic heterocycles. The van der Waals surface area contributed by atoms with Crippen LogP contribution in [0.5, 0.6) is 5.75 Å². The zero-order valence-electron chi connectivity index (χ0n) is 14.9. The van der Waals surface area contributed by atoms with Gasteiger partial charge in [-0.3, -0.25) is 9.59 Å². The molecule has 5 heteroatoms. The summed E-state index contributed by atoms with van der Waals surface area (Å²) < 4.78 is 5.91. The zero-order chi connectivity index (χ0) is 17.9. The minimum atomic E-state index is -0.885. The second-order valence-corrected chi connectivity index (χ2v) is 7.15. The molecule has 0 heterocycles. The smallest absolute Gasteiger partial charge is 0.305 e. The molecule has 1 aliphatic rings. The summed E-state index contributed by atoms with van der Waals surface area (Å²) >= 11 is 0. The SMILES string of the molecule is Cc1ccc(C(C)C)c(OC(C)C(=O)NC2(CC(=O)O)CCC2)c1. The van der Waals surface area contributed by atoms with Crippen LogP contribution in [0.1, 0.15) is 63.5 Å². The van der Waals surface area contributed by atoms with E-state index in [9.17, 15) is 9.59 Å². The summed E-state index contributed by atoms with van der Waals surface area (Å²) in [5.74, 6) is -0.133. The fourth-order valence-corrected chi connectivity index (χ4v) is 3.07. The van der Waals surface area contributed by atoms with Gasteiger partial charge >= 0.3 is 5.97 Å². The minimum absolute atomic E-state index is 0.0346. The van der Waals surface area contributed by atoms with Gasteiger partial charge < -0.3 is 15.2 Å². The molecule has 24 heavy (non-hydrogen) atoms. The lowest BCUT2D eigenvalue weighted by Gasteiger charge is -2.42. The van der Waals surface area contributed by atoms with Crippen molar-refractivity contribution in [1.29, 1.82) is 0 Å². The molecule has 1 saturated carbocycles. The van der Waals surface area contributed by atoms with Crippen LogP contribution in [0.4, 0.5) is 0 Å². The summed E-state index contributed by atoms with van der Waals surface area (Å²) in [5.41, 5.74) is 1.53. The fraction of sp³-hybridized carbons (Fsp3) is 0.579. The average molecular weight is 333 g/mol. The van der Waals surface area contributed by atoms with E-state index in [1.54, 1.807) is 6.92 Å². The quantitative estimate of drug-likeness (QED) is 0.802. The number of carboxylic acid groups (broad SMARTS) is 1. The second kappa shape index (κ2) is 7.24. The molecule has 1 aromatic rings. The van der Waals surface area contributed by atoms with Crippen molar-refractivity contribution in [2.75, 3.05) is 0 Å². The van der Waals surface area contributed by atoms with Gasteiger partial charge in [-0.1, -0.05) is 26.0 Å². The number of hydrogen-bond donors (Lipinski definition) is 2. The molecular weight excluding hydrogens is 306 g/mol. The Labute approximate surface area is 143 Å². The van der Waals surface area contributed by atoms with E-state index in [1.165, 1.54) is 0 Å². The zero-order valence-corrected chi connectivity index (χ0v) is 14.9. The molecule has 5 nitrogen and oxygen atoms in total. The van der Waals surface area contributed by atoms with E-state index in [0.717, 1.165) is 17.5 Å². The summed E-state index contributed by atoms with van der Waals surface area (Å²) in [5, 5.41) is 11.9. The number of rotatable bonds is 7. The highest BCUT2D eigenvalue weighted by molar-refractivity contribution is 5.82. The average Bonchev–Trinajstić information content (AvgIpc) is 2.43. The Bertz CT molecular complexity index is 620. The van der Waals surface area contributed by atoms with Gasteiger partial charge in [-0.05, 0) is 56.2 Å². The van der Waals surface area contributed by atoms with Gasteiger partial charge in [-0.2, -0.15) is 0 Å². The first-order valence-corrected chi connectivity index (χ1v) is 8.53. The van der Waals surface area contributed by atoms with E-state index in [2.05, 4.69) is 19.2 Å². The van der Waals surface area contributed by atoms with Crippen LogP contribution in [0.25, 0.3) is 0 Å². The first-order chi connectivity index (χ1) is 11.2. The lowest BCUT2D eigenvalue weighted by atomic mass is 9.74. The number of nitrogens with one attached hydrogen (secondary N) is 1. The normalized spacial score (nSPS) is 17.0. The van der Waals surface area contributed by atoms with Gasteiger partial charge in [-0.25, -0.2) is 0 Å². The van der Waals surface area contributed by atoms with Crippen molar-refractivity contribution in [2.24, 2.45) is 0 Å². The van der Waals surface area contributed by atoms with Crippen molar-refractivity contribution in [3.63, 3.8) is 0 Å². The molecule has 1 unspecified atom stereocenters. The van der Waals surface area contributed by atoms with Crippen LogP contribution in [-0.4, -0.2) is 28.6 Å². The van der Waals surface area contributed by atoms with Crippen molar-refractivity contribution in [1.82, 2.24) is 5.32 Å². The van der Waals surface area contributed by atoms with E-state index < -0.39 is 17.6 Å². The highest BCUT2D eigenvalue weighted by atomic mass is 16.5. The number of hydrogen-bond acceptors (Lipinski definition) is 3. The molecule has 1 amide bonds. The summed E-state index contributed by atoms with van der Waals surface area (Å²) in [4.78, 5) is 23.5. The van der Waals surface area contributed by atoms with Gasteiger partial charge in [0.15, 0.2) is 6.10 Å². The summed E-state index contributed by atoms with van der Waals surface area (Å²) in [7, 11) is 0. The molecule has 2 rings (SSSR count). The van der Waals surface area contributed by atoms with Crippen LogP contribution in [0.3, 0.4) is 0 Å². The van der Waals surface area contributed by atoms with Crippen LogP contribution in [0.15, 0.2) is 18.2 Å². The number of carbonyl (C=O) groups excluding carboxylic acids is 1. The third kappa shape index (κ3) is 4.28. The van der Waals surface area contributed by atoms with Crippen LogP contribution in [-0.2, 0) is 9.59 Å². The van der Waals surface area contributed by atoms with E-state index in [0.29, 0.717) is 24.5 Å². The van der Waals surface area contributed by atoms with Crippen molar-refractivity contribution < 1.29 is 19.4 Å². The van der Waals surface area contributed by atoms with Gasteiger partial charge in [0, 0.05) is 0 Å². The molecule has 2 N–H and O–H groups in total. The maximum Gasteiger partial charge on any atom is 0.305 e. The summed E-state index contributed by atoms with van der Waals surface area (Å²) in [6.45, 7) is 7.85. The first-order valence-electron chi connectivity index (χ1n) is 8.53. The third-order valence-corrected chi connectivity index (χ3v) is 4.65. The van der Waals surface area contributed by atoms with Crippen LogP contribution >= 0.6 is 0 Å². The lowest BCUT2D eigenvalue weighted by molar-refractivity contribution is -0.141. The molecule has 1 atom stereocenters. The monoisotopic (exact) mass is 333 g/mol. The van der Waals surface area contributed by atoms with Crippen molar-refractivity contribution in [2.45, 2.75) is 70.9 Å². The Morgan fingerprint density at radius 3 is 2.46 bits per heavy atom. The number of ether oxygens (including phenoxy) is 1. The Balaban J connectivity index is 2.07. The number of amides is 1. The third-order valence-electron chi connectivity index (χ3n) is 4.65. The van der Waals surface area contributed by atoms with Gasteiger partial charge in [0.25, 0.3) is 5.91 Å². The van der Waals surface area contributed by atoms with Crippen LogP contribution in [0.2, 0.25) is 0 Å². The van der Waals surface area contributed by atoms with E-state index >= 15 is 0 Å². The highest BCUT2D eigenvalue weighted by Gasteiger charge is 2.41. The molecule has 1 aromatic carbocycles. The fourth-order valence-electron chi connectivity index (χ4n) is 3.07. The summed E-state index contributed by atoms with van der Waals surface area (Å²) in [6, 6.07) is 6.00. The van der Waals surface area contributed by atoms with Gasteiger partial charge in [0.05, 0.1) is 12.0 Å². The van der Waals surface area contributed by atoms with Crippen molar-refractivity contribution >= 4 is 11.9 Å². The molecule has 132 valence electrons. The van der Waals surface area contributed by atoms with E-state index in [4.69, 9.17) is 9.84 Å². The Hall–Kier alpha value is -2.04. The van der Waals surface area contributed by atoms with Gasteiger partial charge in [0.2, 0.25) is 0 Å². The Kier molecular flexibility index (Phi) is 5.52. The maximum absolute atomic E-state index is 12.5. The van der Waals surface area contributed by atoms with Crippen LogP contribution in [0, 0.1) is 6.92 Å². The second-order valence-electron chi connectivity index (χ2n) is 7.15. The Morgan fingerprint density at radius 1 is 1.29 bits per heavy atom. The number of aryl methyl sites for hydroxylation is 1. The molecule has 0 aliphatic heterocycles.